The maximum absolute atomic E-state index is 12.0. The number of hydrogen-bond donors (Lipinski definition) is 4. The number of fused-ring (bicyclic) bond motifs is 1. The Bertz CT molecular complexity index is 900. The number of rotatable bonds is 2. The average Bonchev–Trinajstić information content (AvgIpc) is 2.97. The molecule has 0 atom stereocenters. The second kappa shape index (κ2) is 5.80. The van der Waals surface area contributed by atoms with Gasteiger partial charge in [0.25, 0.3) is 0 Å². The third-order valence-corrected chi connectivity index (χ3v) is 3.36. The van der Waals surface area contributed by atoms with Crippen LogP contribution >= 0.6 is 0 Å². The molecule has 1 aromatic heterocycles. The van der Waals surface area contributed by atoms with E-state index in [0.29, 0.717) is 17.1 Å². The first-order valence-corrected chi connectivity index (χ1v) is 6.94. The lowest BCUT2D eigenvalue weighted by Crippen LogP contribution is -2.29. The van der Waals surface area contributed by atoms with Gasteiger partial charge in [-0.1, -0.05) is 6.07 Å². The number of nitrogen functional groups attached to an aromatic ring is 1. The lowest BCUT2D eigenvalue weighted by Gasteiger charge is -2.09. The Labute approximate surface area is 131 Å². The smallest absolute Gasteiger partial charge is 0.314 e. The van der Waals surface area contributed by atoms with Gasteiger partial charge in [0.05, 0.1) is 23.1 Å². The molecule has 7 heteroatoms. The Hall–Kier alpha value is -3.35. The van der Waals surface area contributed by atoms with Crippen LogP contribution in [0, 0.1) is 6.92 Å². The molecule has 0 aliphatic heterocycles. The number of carbonyl (C=O) groups excluding carboxylic acids is 2. The first kappa shape index (κ1) is 14.6. The van der Waals surface area contributed by atoms with Crippen LogP contribution in [0.5, 0.6) is 0 Å². The minimum absolute atomic E-state index is 0.403. The van der Waals surface area contributed by atoms with Crippen molar-refractivity contribution in [3.63, 3.8) is 0 Å². The average molecular weight is 309 g/mol. The fraction of sp³-hybridized carbons (Fsp3) is 0.0625. The van der Waals surface area contributed by atoms with Crippen molar-refractivity contribution < 1.29 is 9.59 Å². The zero-order valence-electron chi connectivity index (χ0n) is 12.4. The molecule has 0 saturated carbocycles. The summed E-state index contributed by atoms with van der Waals surface area (Å²) in [6.07, 6.45) is 1.67. The van der Waals surface area contributed by atoms with E-state index in [9.17, 15) is 9.59 Å². The van der Waals surface area contributed by atoms with E-state index >= 15 is 0 Å². The molecule has 0 radical (unpaired) electrons. The van der Waals surface area contributed by atoms with E-state index in [0.717, 1.165) is 16.5 Å². The largest absolute Gasteiger partial charge is 0.397 e. The van der Waals surface area contributed by atoms with Crippen molar-refractivity contribution in [2.24, 2.45) is 0 Å². The number of benzene rings is 2. The number of aryl methyl sites for hydroxylation is 1. The summed E-state index contributed by atoms with van der Waals surface area (Å²) in [5.74, 6) is -1.56. The second-order valence-electron chi connectivity index (χ2n) is 5.17. The molecular weight excluding hydrogens is 294 g/mol. The summed E-state index contributed by atoms with van der Waals surface area (Å²) in [6.45, 7) is 1.89. The Morgan fingerprint density at radius 2 is 1.87 bits per heavy atom. The van der Waals surface area contributed by atoms with Gasteiger partial charge in [0.2, 0.25) is 0 Å². The van der Waals surface area contributed by atoms with Crippen LogP contribution in [0.2, 0.25) is 0 Å². The molecule has 3 rings (SSSR count). The maximum atomic E-state index is 12.0. The van der Waals surface area contributed by atoms with Crippen LogP contribution in [-0.2, 0) is 9.59 Å². The van der Waals surface area contributed by atoms with Gasteiger partial charge in [-0.05, 0) is 42.8 Å². The van der Waals surface area contributed by atoms with Gasteiger partial charge in [-0.25, -0.2) is 0 Å². The van der Waals surface area contributed by atoms with Crippen LogP contribution < -0.4 is 16.4 Å². The van der Waals surface area contributed by atoms with Crippen molar-refractivity contribution >= 4 is 39.8 Å². The van der Waals surface area contributed by atoms with E-state index in [1.54, 1.807) is 42.6 Å². The van der Waals surface area contributed by atoms with Crippen molar-refractivity contribution in [2.45, 2.75) is 6.92 Å². The molecule has 0 aliphatic carbocycles. The fourth-order valence-electron chi connectivity index (χ4n) is 2.18. The van der Waals surface area contributed by atoms with Crippen molar-refractivity contribution in [2.75, 3.05) is 16.4 Å². The molecule has 2 amide bonds. The lowest BCUT2D eigenvalue weighted by atomic mass is 10.2. The Morgan fingerprint density at radius 1 is 1.09 bits per heavy atom. The number of aromatic nitrogens is 2. The van der Waals surface area contributed by atoms with E-state index in [1.807, 2.05) is 6.92 Å². The second-order valence-corrected chi connectivity index (χ2v) is 5.17. The van der Waals surface area contributed by atoms with Crippen LogP contribution in [0.15, 0.2) is 42.6 Å². The molecule has 2 aromatic carbocycles. The molecule has 7 nitrogen and oxygen atoms in total. The number of amides is 2. The number of carbonyl (C=O) groups is 2. The van der Waals surface area contributed by atoms with E-state index in [1.165, 1.54) is 0 Å². The Kier molecular flexibility index (Phi) is 3.68. The van der Waals surface area contributed by atoms with E-state index in [2.05, 4.69) is 20.8 Å². The topological polar surface area (TPSA) is 113 Å². The third-order valence-electron chi connectivity index (χ3n) is 3.36. The minimum Gasteiger partial charge on any atom is -0.397 e. The highest BCUT2D eigenvalue weighted by atomic mass is 16.2. The number of aromatic amines is 1. The van der Waals surface area contributed by atoms with E-state index in [-0.39, 0.29) is 0 Å². The van der Waals surface area contributed by atoms with Crippen molar-refractivity contribution in [3.8, 4) is 0 Å². The first-order chi connectivity index (χ1) is 11.0. The van der Waals surface area contributed by atoms with Gasteiger partial charge >= 0.3 is 11.8 Å². The SMILES string of the molecule is Cc1ccc(NC(=O)C(=O)Nc2ccc3cn[nH]c3c2)c(N)c1. The predicted molar refractivity (Wildman–Crippen MR) is 88.9 cm³/mol. The summed E-state index contributed by atoms with van der Waals surface area (Å²) in [5.41, 5.74) is 8.86. The molecule has 0 fully saturated rings. The van der Waals surface area contributed by atoms with E-state index in [4.69, 9.17) is 5.73 Å². The third kappa shape index (κ3) is 3.13. The number of hydrogen-bond acceptors (Lipinski definition) is 4. The number of H-pyrrole nitrogens is 1. The van der Waals surface area contributed by atoms with Crippen LogP contribution in [-0.4, -0.2) is 22.0 Å². The number of nitrogens with zero attached hydrogens (tertiary/aromatic N) is 1. The molecule has 116 valence electrons. The molecule has 0 aliphatic rings. The summed E-state index contributed by atoms with van der Waals surface area (Å²) in [7, 11) is 0. The summed E-state index contributed by atoms with van der Waals surface area (Å²) >= 11 is 0. The Balaban J connectivity index is 1.70. The van der Waals surface area contributed by atoms with Crippen LogP contribution in [0.3, 0.4) is 0 Å². The van der Waals surface area contributed by atoms with Crippen molar-refractivity contribution in [1.82, 2.24) is 10.2 Å². The number of anilines is 3. The summed E-state index contributed by atoms with van der Waals surface area (Å²) in [6, 6.07) is 10.4. The molecule has 1 heterocycles. The molecular formula is C16H15N5O2. The lowest BCUT2D eigenvalue weighted by molar-refractivity contribution is -0.132. The summed E-state index contributed by atoms with van der Waals surface area (Å²) < 4.78 is 0. The summed E-state index contributed by atoms with van der Waals surface area (Å²) in [5, 5.41) is 12.6. The van der Waals surface area contributed by atoms with Crippen LogP contribution in [0.1, 0.15) is 5.56 Å². The Morgan fingerprint density at radius 3 is 2.65 bits per heavy atom. The van der Waals surface area contributed by atoms with Crippen molar-refractivity contribution in [1.29, 1.82) is 0 Å². The number of nitrogens with two attached hydrogens (primary N) is 1. The first-order valence-electron chi connectivity index (χ1n) is 6.94. The molecule has 0 saturated heterocycles. The zero-order chi connectivity index (χ0) is 16.4. The maximum Gasteiger partial charge on any atom is 0.314 e. The van der Waals surface area contributed by atoms with Crippen LogP contribution in [0.4, 0.5) is 17.1 Å². The van der Waals surface area contributed by atoms with Gasteiger partial charge in [-0.15, -0.1) is 0 Å². The highest BCUT2D eigenvalue weighted by Gasteiger charge is 2.15. The van der Waals surface area contributed by atoms with Gasteiger partial charge in [-0.3, -0.25) is 14.7 Å². The minimum atomic E-state index is -0.787. The zero-order valence-corrected chi connectivity index (χ0v) is 12.4. The summed E-state index contributed by atoms with van der Waals surface area (Å²) in [4.78, 5) is 23.9. The molecule has 0 spiro atoms. The van der Waals surface area contributed by atoms with Gasteiger partial charge in [-0.2, -0.15) is 5.10 Å². The van der Waals surface area contributed by atoms with Gasteiger partial charge in [0, 0.05) is 11.1 Å². The molecule has 23 heavy (non-hydrogen) atoms. The van der Waals surface area contributed by atoms with Crippen LogP contribution in [0.25, 0.3) is 10.9 Å². The van der Waals surface area contributed by atoms with Crippen molar-refractivity contribution in [3.05, 3.63) is 48.2 Å². The predicted octanol–water partition coefficient (Wildman–Crippen LogP) is 2.03. The van der Waals surface area contributed by atoms with Gasteiger partial charge in [0.15, 0.2) is 0 Å². The van der Waals surface area contributed by atoms with Gasteiger partial charge in [0.1, 0.15) is 0 Å². The monoisotopic (exact) mass is 309 g/mol. The highest BCUT2D eigenvalue weighted by Crippen LogP contribution is 2.20. The molecule has 0 unspecified atom stereocenters. The molecule has 3 aromatic rings. The highest BCUT2D eigenvalue weighted by molar-refractivity contribution is 6.44. The van der Waals surface area contributed by atoms with E-state index < -0.39 is 11.8 Å². The fourth-order valence-corrected chi connectivity index (χ4v) is 2.18. The normalized spacial score (nSPS) is 10.5. The quantitative estimate of drug-likeness (QED) is 0.428. The molecule has 0 bridgehead atoms. The standard InChI is InChI=1S/C16H15N5O2/c1-9-2-5-13(12(17)6-9)20-16(23)15(22)19-11-4-3-10-8-18-21-14(10)7-11/h2-8H,17H2,1H3,(H,18,21)(H,19,22)(H,20,23). The van der Waals surface area contributed by atoms with Gasteiger partial charge < -0.3 is 16.4 Å². The number of nitrogens with one attached hydrogen (secondary N) is 3. The molecule has 5 N–H and O–H groups in total.